The summed E-state index contributed by atoms with van der Waals surface area (Å²) in [6.45, 7) is 1.28. The smallest absolute Gasteiger partial charge is 0.416 e. The molecular weight excluding hydrogens is 304 g/mol. The number of para-hydroxylation sites is 1. The Morgan fingerprint density at radius 2 is 1.91 bits per heavy atom. The second-order valence-corrected chi connectivity index (χ2v) is 5.04. The van der Waals surface area contributed by atoms with Gasteiger partial charge >= 0.3 is 17.9 Å². The summed E-state index contributed by atoms with van der Waals surface area (Å²) in [7, 11) is 1.80. The predicted octanol–water partition coefficient (Wildman–Crippen LogP) is 0.643. The molecule has 0 radical (unpaired) electrons. The fourth-order valence-electron chi connectivity index (χ4n) is 2.17. The summed E-state index contributed by atoms with van der Waals surface area (Å²) in [6.07, 6.45) is 1.95. The monoisotopic (exact) mass is 318 g/mol. The number of cyclic esters (lactones) is 2. The van der Waals surface area contributed by atoms with Gasteiger partial charge in [-0.15, -0.1) is 0 Å². The first kappa shape index (κ1) is 15.0. The zero-order valence-electron chi connectivity index (χ0n) is 12.4. The van der Waals surface area contributed by atoms with Gasteiger partial charge in [0.15, 0.2) is 11.9 Å². The van der Waals surface area contributed by atoms with E-state index in [1.54, 1.807) is 30.1 Å². The van der Waals surface area contributed by atoms with Crippen molar-refractivity contribution in [2.75, 3.05) is 0 Å². The largest absolute Gasteiger partial charge is 0.449 e. The van der Waals surface area contributed by atoms with Crippen LogP contribution in [-0.4, -0.2) is 38.7 Å². The second-order valence-electron chi connectivity index (χ2n) is 5.04. The molecule has 8 heteroatoms. The molecule has 1 unspecified atom stereocenters. The number of carbonyl (C=O) groups is 2. The van der Waals surface area contributed by atoms with Crippen molar-refractivity contribution < 1.29 is 28.9 Å². The van der Waals surface area contributed by atoms with Crippen LogP contribution >= 0.6 is 0 Å². The molecule has 0 bridgehead atoms. The quantitative estimate of drug-likeness (QED) is 0.829. The number of esters is 2. The van der Waals surface area contributed by atoms with Gasteiger partial charge in [0.05, 0.1) is 11.8 Å². The minimum atomic E-state index is -2.29. The molecule has 3 rings (SSSR count). The van der Waals surface area contributed by atoms with E-state index in [1.165, 1.54) is 6.92 Å². The van der Waals surface area contributed by atoms with Gasteiger partial charge in [-0.1, -0.05) is 6.07 Å². The SMILES string of the molecule is CC(O)C1(Oc2cccc3c2ncn3C)OC(=O)C=CC(=O)O1. The van der Waals surface area contributed by atoms with Crippen LogP contribution in [0.5, 0.6) is 5.75 Å². The van der Waals surface area contributed by atoms with Gasteiger partial charge in [-0.3, -0.25) is 0 Å². The van der Waals surface area contributed by atoms with E-state index in [9.17, 15) is 14.7 Å². The third kappa shape index (κ3) is 2.64. The van der Waals surface area contributed by atoms with Crippen LogP contribution in [0.2, 0.25) is 0 Å². The Hall–Kier alpha value is -2.87. The molecule has 0 spiro atoms. The molecule has 2 heterocycles. The molecular formula is C15H14N2O6. The van der Waals surface area contributed by atoms with E-state index < -0.39 is 24.0 Å². The van der Waals surface area contributed by atoms with Gasteiger partial charge in [0.1, 0.15) is 5.52 Å². The van der Waals surface area contributed by atoms with Gasteiger partial charge in [0.25, 0.3) is 0 Å². The van der Waals surface area contributed by atoms with Crippen molar-refractivity contribution in [3.63, 3.8) is 0 Å². The topological polar surface area (TPSA) is 99.9 Å². The minimum absolute atomic E-state index is 0.200. The number of hydrogen-bond acceptors (Lipinski definition) is 7. The molecule has 120 valence electrons. The number of aromatic nitrogens is 2. The standard InChI is InChI=1S/C15H14N2O6/c1-9(18)15(22-12(19)6-7-13(20)23-15)21-11-5-3-4-10-14(11)16-8-17(10)2/h3-9,18H,1-2H3. The highest BCUT2D eigenvalue weighted by Gasteiger charge is 2.48. The van der Waals surface area contributed by atoms with Crippen molar-refractivity contribution >= 4 is 23.0 Å². The molecule has 1 atom stereocenters. The number of imidazole rings is 1. The Labute approximate surface area is 130 Å². The van der Waals surface area contributed by atoms with E-state index in [-0.39, 0.29) is 5.75 Å². The third-order valence-corrected chi connectivity index (χ3v) is 3.32. The number of rotatable bonds is 3. The lowest BCUT2D eigenvalue weighted by molar-refractivity contribution is -0.337. The van der Waals surface area contributed by atoms with Gasteiger partial charge in [-0.05, 0) is 19.1 Å². The Balaban J connectivity index is 2.05. The van der Waals surface area contributed by atoms with Crippen LogP contribution in [0.1, 0.15) is 6.92 Å². The van der Waals surface area contributed by atoms with Gasteiger partial charge in [0.2, 0.25) is 0 Å². The van der Waals surface area contributed by atoms with Gasteiger partial charge in [0, 0.05) is 19.2 Å². The predicted molar refractivity (Wildman–Crippen MR) is 77.1 cm³/mol. The lowest BCUT2D eigenvalue weighted by Gasteiger charge is -2.32. The molecule has 0 amide bonds. The van der Waals surface area contributed by atoms with Crippen molar-refractivity contribution in [2.45, 2.75) is 19.0 Å². The van der Waals surface area contributed by atoms with E-state index in [0.29, 0.717) is 5.52 Å². The van der Waals surface area contributed by atoms with Crippen molar-refractivity contribution in [1.82, 2.24) is 9.55 Å². The average Bonchev–Trinajstić information content (AvgIpc) is 2.80. The molecule has 1 aromatic heterocycles. The molecule has 1 aliphatic heterocycles. The molecule has 0 aliphatic carbocycles. The van der Waals surface area contributed by atoms with Gasteiger partial charge in [-0.25, -0.2) is 14.6 Å². The Morgan fingerprint density at radius 3 is 2.52 bits per heavy atom. The Kier molecular flexibility index (Phi) is 3.53. The van der Waals surface area contributed by atoms with Crippen LogP contribution in [-0.2, 0) is 26.1 Å². The zero-order valence-corrected chi connectivity index (χ0v) is 12.4. The molecule has 8 nitrogen and oxygen atoms in total. The molecule has 0 fully saturated rings. The van der Waals surface area contributed by atoms with Crippen LogP contribution in [0.15, 0.2) is 36.7 Å². The molecule has 1 aromatic carbocycles. The number of aryl methyl sites for hydroxylation is 1. The van der Waals surface area contributed by atoms with Crippen LogP contribution < -0.4 is 4.74 Å². The highest BCUT2D eigenvalue weighted by Crippen LogP contribution is 2.31. The highest BCUT2D eigenvalue weighted by atomic mass is 16.9. The summed E-state index contributed by atoms with van der Waals surface area (Å²) < 4.78 is 17.4. The summed E-state index contributed by atoms with van der Waals surface area (Å²) >= 11 is 0. The fraction of sp³-hybridized carbons (Fsp3) is 0.267. The van der Waals surface area contributed by atoms with E-state index in [1.807, 2.05) is 6.07 Å². The lowest BCUT2D eigenvalue weighted by Crippen LogP contribution is -2.52. The number of fused-ring (bicyclic) bond motifs is 1. The number of hydrogen-bond donors (Lipinski definition) is 1. The van der Waals surface area contributed by atoms with Gasteiger partial charge < -0.3 is 23.9 Å². The molecule has 23 heavy (non-hydrogen) atoms. The van der Waals surface area contributed by atoms with Crippen LogP contribution in [0.3, 0.4) is 0 Å². The number of nitrogens with zero attached hydrogens (tertiary/aromatic N) is 2. The van der Waals surface area contributed by atoms with Crippen molar-refractivity contribution in [1.29, 1.82) is 0 Å². The maximum absolute atomic E-state index is 11.7. The number of aliphatic hydroxyl groups excluding tert-OH is 1. The van der Waals surface area contributed by atoms with Crippen molar-refractivity contribution in [2.24, 2.45) is 7.05 Å². The number of carbonyl (C=O) groups excluding carboxylic acids is 2. The maximum atomic E-state index is 11.7. The second kappa shape index (κ2) is 5.40. The van der Waals surface area contributed by atoms with Crippen molar-refractivity contribution in [3.05, 3.63) is 36.7 Å². The first-order chi connectivity index (χ1) is 10.9. The summed E-state index contributed by atoms with van der Waals surface area (Å²) in [5, 5.41) is 9.99. The van der Waals surface area contributed by atoms with Crippen LogP contribution in [0.4, 0.5) is 0 Å². The third-order valence-electron chi connectivity index (χ3n) is 3.32. The van der Waals surface area contributed by atoms with Crippen LogP contribution in [0, 0.1) is 0 Å². The number of aliphatic hydroxyl groups is 1. The normalized spacial score (nSPS) is 18.2. The molecule has 1 N–H and O–H groups in total. The first-order valence-corrected chi connectivity index (χ1v) is 6.82. The van der Waals surface area contributed by atoms with E-state index in [4.69, 9.17) is 14.2 Å². The van der Waals surface area contributed by atoms with Gasteiger partial charge in [-0.2, -0.15) is 0 Å². The number of benzene rings is 1. The Bertz CT molecular complexity index is 787. The van der Waals surface area contributed by atoms with E-state index in [0.717, 1.165) is 17.7 Å². The summed E-state index contributed by atoms with van der Waals surface area (Å²) in [6, 6.07) is 5.09. The lowest BCUT2D eigenvalue weighted by atomic mass is 10.2. The minimum Gasteiger partial charge on any atom is -0.416 e. The number of ether oxygens (including phenoxy) is 3. The first-order valence-electron chi connectivity index (χ1n) is 6.82. The Morgan fingerprint density at radius 1 is 1.26 bits per heavy atom. The zero-order chi connectivity index (χ0) is 16.6. The summed E-state index contributed by atoms with van der Waals surface area (Å²) in [5.41, 5.74) is 1.23. The maximum Gasteiger partial charge on any atom is 0.449 e. The van der Waals surface area contributed by atoms with E-state index in [2.05, 4.69) is 4.98 Å². The molecule has 0 saturated heterocycles. The highest BCUT2D eigenvalue weighted by molar-refractivity contribution is 5.93. The van der Waals surface area contributed by atoms with Crippen molar-refractivity contribution in [3.8, 4) is 5.75 Å². The summed E-state index contributed by atoms with van der Waals surface area (Å²) in [5.74, 6) is -3.83. The average molecular weight is 318 g/mol. The van der Waals surface area contributed by atoms with E-state index >= 15 is 0 Å². The fourth-order valence-corrected chi connectivity index (χ4v) is 2.17. The molecule has 2 aromatic rings. The molecule has 0 saturated carbocycles. The van der Waals surface area contributed by atoms with Crippen LogP contribution in [0.25, 0.3) is 11.0 Å². The molecule has 1 aliphatic rings. The summed E-state index contributed by atoms with van der Waals surface area (Å²) in [4.78, 5) is 27.5.